The molecule has 2 aromatic carbocycles. The number of nitrogens with zero attached hydrogens (tertiary/aromatic N) is 2. The molecule has 4 nitrogen and oxygen atoms in total. The minimum absolute atomic E-state index is 0.155. The van der Waals surface area contributed by atoms with Crippen LogP contribution in [0.4, 0.5) is 10.1 Å². The molecule has 152 valence electrons. The van der Waals surface area contributed by atoms with Gasteiger partial charge in [-0.1, -0.05) is 59.6 Å². The SMILES string of the molecule is O=C1/C(=C\c2ccc(Cl)c(Cl)c2)N=C(SCCCCCO)N1c1ccccc1F. The predicted molar refractivity (Wildman–Crippen MR) is 119 cm³/mol. The van der Waals surface area contributed by atoms with Crippen molar-refractivity contribution in [2.45, 2.75) is 19.3 Å². The van der Waals surface area contributed by atoms with E-state index in [1.807, 2.05) is 0 Å². The molecular weight excluding hydrogens is 434 g/mol. The van der Waals surface area contributed by atoms with Crippen molar-refractivity contribution in [1.82, 2.24) is 0 Å². The van der Waals surface area contributed by atoms with E-state index in [2.05, 4.69) is 4.99 Å². The number of rotatable bonds is 7. The molecule has 1 amide bonds. The Labute approximate surface area is 183 Å². The molecule has 0 aromatic heterocycles. The zero-order valence-electron chi connectivity index (χ0n) is 15.4. The topological polar surface area (TPSA) is 52.9 Å². The number of hydrogen-bond donors (Lipinski definition) is 1. The van der Waals surface area contributed by atoms with E-state index in [4.69, 9.17) is 28.3 Å². The number of carbonyl (C=O) groups is 1. The predicted octanol–water partition coefficient (Wildman–Crippen LogP) is 5.77. The molecule has 0 bridgehead atoms. The Morgan fingerprint density at radius 3 is 2.62 bits per heavy atom. The number of benzene rings is 2. The van der Waals surface area contributed by atoms with Crippen molar-refractivity contribution in [3.63, 3.8) is 0 Å². The Hall–Kier alpha value is -1.86. The minimum Gasteiger partial charge on any atom is -0.396 e. The molecule has 0 aliphatic carbocycles. The van der Waals surface area contributed by atoms with Crippen LogP contribution in [0, 0.1) is 5.82 Å². The van der Waals surface area contributed by atoms with Crippen LogP contribution in [0.2, 0.25) is 10.0 Å². The summed E-state index contributed by atoms with van der Waals surface area (Å²) in [6.07, 6.45) is 4.06. The lowest BCUT2D eigenvalue weighted by atomic mass is 10.2. The van der Waals surface area contributed by atoms with Crippen LogP contribution < -0.4 is 4.90 Å². The summed E-state index contributed by atoms with van der Waals surface area (Å²) in [7, 11) is 0. The van der Waals surface area contributed by atoms with Gasteiger partial charge in [0.05, 0.1) is 15.7 Å². The van der Waals surface area contributed by atoms with Crippen LogP contribution in [0.3, 0.4) is 0 Å². The number of hydrogen-bond acceptors (Lipinski definition) is 4. The van der Waals surface area contributed by atoms with Gasteiger partial charge in [0.2, 0.25) is 0 Å². The smallest absolute Gasteiger partial charge is 0.283 e. The molecule has 2 aromatic rings. The summed E-state index contributed by atoms with van der Waals surface area (Å²) in [6, 6.07) is 11.1. The third-order valence-corrected chi connectivity index (χ3v) is 5.97. The number of halogens is 3. The maximum atomic E-state index is 14.4. The monoisotopic (exact) mass is 452 g/mol. The first kappa shape index (κ1) is 21.8. The molecule has 0 fully saturated rings. The maximum absolute atomic E-state index is 14.4. The van der Waals surface area contributed by atoms with E-state index in [0.717, 1.165) is 19.3 Å². The second-order valence-electron chi connectivity index (χ2n) is 6.32. The molecule has 1 heterocycles. The lowest BCUT2D eigenvalue weighted by Gasteiger charge is -2.18. The molecule has 1 aliphatic rings. The molecule has 0 radical (unpaired) electrons. The minimum atomic E-state index is -0.495. The highest BCUT2D eigenvalue weighted by Gasteiger charge is 2.33. The summed E-state index contributed by atoms with van der Waals surface area (Å²) >= 11 is 13.4. The highest BCUT2D eigenvalue weighted by atomic mass is 35.5. The van der Waals surface area contributed by atoms with Crippen LogP contribution in [-0.4, -0.2) is 28.5 Å². The highest BCUT2D eigenvalue weighted by molar-refractivity contribution is 8.14. The second kappa shape index (κ2) is 10.3. The number of anilines is 1. The van der Waals surface area contributed by atoms with Crippen LogP contribution in [0.1, 0.15) is 24.8 Å². The Morgan fingerprint density at radius 1 is 1.10 bits per heavy atom. The van der Waals surface area contributed by atoms with Crippen molar-refractivity contribution in [3.8, 4) is 0 Å². The Bertz CT molecular complexity index is 965. The molecule has 3 rings (SSSR count). The van der Waals surface area contributed by atoms with Crippen LogP contribution in [0.25, 0.3) is 6.08 Å². The summed E-state index contributed by atoms with van der Waals surface area (Å²) in [5.41, 5.74) is 1.04. The molecule has 0 saturated carbocycles. The summed E-state index contributed by atoms with van der Waals surface area (Å²) < 4.78 is 14.4. The fourth-order valence-corrected chi connectivity index (χ4v) is 4.06. The van der Waals surface area contributed by atoms with E-state index in [9.17, 15) is 9.18 Å². The second-order valence-corrected chi connectivity index (χ2v) is 8.20. The van der Waals surface area contributed by atoms with Crippen molar-refractivity contribution in [3.05, 3.63) is 69.6 Å². The summed E-state index contributed by atoms with van der Waals surface area (Å²) in [5, 5.41) is 10.1. The largest absolute Gasteiger partial charge is 0.396 e. The zero-order chi connectivity index (χ0) is 20.8. The van der Waals surface area contributed by atoms with Gasteiger partial charge in [-0.3, -0.25) is 9.69 Å². The van der Waals surface area contributed by atoms with Crippen molar-refractivity contribution in [2.75, 3.05) is 17.3 Å². The first-order valence-corrected chi connectivity index (χ1v) is 10.8. The normalized spacial score (nSPS) is 15.3. The van der Waals surface area contributed by atoms with E-state index in [-0.39, 0.29) is 18.0 Å². The fourth-order valence-electron chi connectivity index (χ4n) is 2.75. The first-order chi connectivity index (χ1) is 14.0. The van der Waals surface area contributed by atoms with E-state index in [0.29, 0.717) is 26.5 Å². The standard InChI is InChI=1S/C21H19Cl2FN2O2S/c22-15-9-8-14(12-16(15)23)13-18-20(28)26(19-7-3-2-6-17(19)24)21(25-18)29-11-5-1-4-10-27/h2-3,6-9,12-13,27H,1,4-5,10-11H2/b18-13+. The van der Waals surface area contributed by atoms with Gasteiger partial charge >= 0.3 is 0 Å². The van der Waals surface area contributed by atoms with Gasteiger partial charge in [0, 0.05) is 12.4 Å². The third-order valence-electron chi connectivity index (χ3n) is 4.20. The summed E-state index contributed by atoms with van der Waals surface area (Å²) in [5.74, 6) is -0.193. The van der Waals surface area contributed by atoms with E-state index in [1.165, 1.54) is 22.7 Å². The molecule has 0 spiro atoms. The van der Waals surface area contributed by atoms with Gasteiger partial charge in [0.25, 0.3) is 5.91 Å². The van der Waals surface area contributed by atoms with Crippen LogP contribution >= 0.6 is 35.0 Å². The molecule has 0 atom stereocenters. The number of amides is 1. The van der Waals surface area contributed by atoms with Gasteiger partial charge in [-0.15, -0.1) is 0 Å². The third kappa shape index (κ3) is 5.39. The molecule has 8 heteroatoms. The first-order valence-electron chi connectivity index (χ1n) is 9.09. The average molecular weight is 453 g/mol. The van der Waals surface area contributed by atoms with Gasteiger partial charge in [0.15, 0.2) is 5.17 Å². The number of thioether (sulfide) groups is 1. The lowest BCUT2D eigenvalue weighted by Crippen LogP contribution is -2.31. The van der Waals surface area contributed by atoms with Crippen molar-refractivity contribution in [2.24, 2.45) is 4.99 Å². The number of aliphatic imine (C=N–C) groups is 1. The lowest BCUT2D eigenvalue weighted by molar-refractivity contribution is -0.113. The number of carbonyl (C=O) groups excluding carboxylic acids is 1. The van der Waals surface area contributed by atoms with Gasteiger partial charge in [-0.2, -0.15) is 0 Å². The van der Waals surface area contributed by atoms with Crippen molar-refractivity contribution >= 4 is 57.8 Å². The molecule has 1 N–H and O–H groups in total. The number of para-hydroxylation sites is 1. The quantitative estimate of drug-likeness (QED) is 0.428. The molecule has 0 unspecified atom stereocenters. The van der Waals surface area contributed by atoms with Crippen molar-refractivity contribution < 1.29 is 14.3 Å². The van der Waals surface area contributed by atoms with Crippen molar-refractivity contribution in [1.29, 1.82) is 0 Å². The number of unbranched alkanes of at least 4 members (excludes halogenated alkanes) is 2. The maximum Gasteiger partial charge on any atom is 0.283 e. The van der Waals surface area contributed by atoms with Crippen LogP contribution in [0.5, 0.6) is 0 Å². The van der Waals surface area contributed by atoms with Gasteiger partial charge < -0.3 is 5.11 Å². The van der Waals surface area contributed by atoms with Gasteiger partial charge in [-0.25, -0.2) is 9.38 Å². The average Bonchev–Trinajstić information content (AvgIpc) is 3.00. The fraction of sp³-hybridized carbons (Fsp3) is 0.238. The Kier molecular flexibility index (Phi) is 7.72. The van der Waals surface area contributed by atoms with Gasteiger partial charge in [-0.05, 0) is 48.7 Å². The van der Waals surface area contributed by atoms with E-state index < -0.39 is 11.7 Å². The molecular formula is C21H19Cl2FN2O2S. The Morgan fingerprint density at radius 2 is 1.90 bits per heavy atom. The van der Waals surface area contributed by atoms with E-state index in [1.54, 1.807) is 42.5 Å². The van der Waals surface area contributed by atoms with Crippen LogP contribution in [0.15, 0.2) is 53.2 Å². The number of amidine groups is 1. The molecule has 0 saturated heterocycles. The zero-order valence-corrected chi connectivity index (χ0v) is 17.8. The number of aliphatic hydroxyl groups is 1. The van der Waals surface area contributed by atoms with Crippen LogP contribution in [-0.2, 0) is 4.79 Å². The summed E-state index contributed by atoms with van der Waals surface area (Å²) in [6.45, 7) is 0.155. The van der Waals surface area contributed by atoms with Gasteiger partial charge in [0.1, 0.15) is 11.5 Å². The highest BCUT2D eigenvalue weighted by Crippen LogP contribution is 2.32. The number of aliphatic hydroxyl groups excluding tert-OH is 1. The Balaban J connectivity index is 1.89. The molecule has 29 heavy (non-hydrogen) atoms. The van der Waals surface area contributed by atoms with E-state index >= 15 is 0 Å². The summed E-state index contributed by atoms with van der Waals surface area (Å²) in [4.78, 5) is 18.8. The molecule has 1 aliphatic heterocycles.